The van der Waals surface area contributed by atoms with E-state index in [0.717, 1.165) is 22.3 Å². The van der Waals surface area contributed by atoms with E-state index in [1.54, 1.807) is 12.1 Å². The summed E-state index contributed by atoms with van der Waals surface area (Å²) in [5, 5.41) is 8.33. The Morgan fingerprint density at radius 3 is 1.47 bits per heavy atom. The van der Waals surface area contributed by atoms with E-state index in [9.17, 15) is 0 Å². The highest BCUT2D eigenvalue weighted by atomic mass is 35.5. The van der Waals surface area contributed by atoms with Gasteiger partial charge in [-0.05, 0) is 28.3 Å². The number of nitrogens with zero attached hydrogens (tertiary/aromatic N) is 2. The van der Waals surface area contributed by atoms with Crippen LogP contribution in [0.2, 0.25) is 5.15 Å². The minimum atomic E-state index is -0.933. The SMILES string of the molecule is Clc1ccc(O[C@@H]2O[C@H](COCc3ccccc3)[C@@H](OCc3ccccc3)[C@H](OCc3ccccc3)[C@H]2OCc2ccccc2)nn1. The zero-order valence-corrected chi connectivity index (χ0v) is 26.6. The maximum Gasteiger partial charge on any atom is 0.235 e. The molecule has 0 spiro atoms. The molecule has 1 fully saturated rings. The van der Waals surface area contributed by atoms with Crippen molar-refractivity contribution in [3.8, 4) is 5.88 Å². The fraction of sp³-hybridized carbons (Fsp3) is 0.263. The minimum absolute atomic E-state index is 0.219. The Kier molecular flexibility index (Phi) is 11.9. The van der Waals surface area contributed by atoms with Gasteiger partial charge in [-0.15, -0.1) is 10.2 Å². The van der Waals surface area contributed by atoms with Crippen molar-refractivity contribution in [3.05, 3.63) is 161 Å². The zero-order chi connectivity index (χ0) is 32.1. The molecule has 0 aliphatic carbocycles. The number of hydrogen-bond acceptors (Lipinski definition) is 8. The van der Waals surface area contributed by atoms with E-state index in [0.29, 0.717) is 26.4 Å². The summed E-state index contributed by atoms with van der Waals surface area (Å²) in [6.07, 6.45) is -3.43. The molecule has 0 bridgehead atoms. The molecule has 0 unspecified atom stereocenters. The lowest BCUT2D eigenvalue weighted by atomic mass is 9.97. The standard InChI is InChI=1S/C38H37ClN2O6/c39-33-21-22-34(41-40-33)47-38-37(45-26-31-19-11-4-12-20-31)36(44-25-30-17-9-3-10-18-30)35(43-24-29-15-7-2-8-16-29)32(46-38)27-42-23-28-13-5-1-6-14-28/h1-22,32,35-38H,23-27H2/t32-,35-,36+,37-,38+/m1/s1. The van der Waals surface area contributed by atoms with Crippen molar-refractivity contribution < 1.29 is 28.4 Å². The van der Waals surface area contributed by atoms with Gasteiger partial charge in [-0.3, -0.25) is 0 Å². The highest BCUT2D eigenvalue weighted by Crippen LogP contribution is 2.32. The molecule has 0 radical (unpaired) electrons. The molecule has 0 N–H and O–H groups in total. The van der Waals surface area contributed by atoms with Gasteiger partial charge in [-0.1, -0.05) is 133 Å². The Labute approximate surface area is 280 Å². The molecule has 47 heavy (non-hydrogen) atoms. The monoisotopic (exact) mass is 652 g/mol. The van der Waals surface area contributed by atoms with Crippen LogP contribution in [0.1, 0.15) is 22.3 Å². The van der Waals surface area contributed by atoms with E-state index in [4.69, 9.17) is 40.0 Å². The number of rotatable bonds is 15. The largest absolute Gasteiger partial charge is 0.444 e. The number of aromatic nitrogens is 2. The van der Waals surface area contributed by atoms with Gasteiger partial charge < -0.3 is 28.4 Å². The Bertz CT molecular complexity index is 1600. The maximum atomic E-state index is 6.73. The molecule has 1 aromatic heterocycles. The van der Waals surface area contributed by atoms with Crippen LogP contribution in [0.4, 0.5) is 0 Å². The van der Waals surface area contributed by atoms with Crippen molar-refractivity contribution in [1.29, 1.82) is 0 Å². The van der Waals surface area contributed by atoms with Gasteiger partial charge in [0.05, 0.1) is 33.0 Å². The van der Waals surface area contributed by atoms with Crippen molar-refractivity contribution in [1.82, 2.24) is 10.2 Å². The molecule has 4 aromatic carbocycles. The van der Waals surface area contributed by atoms with Crippen LogP contribution in [0.15, 0.2) is 133 Å². The average Bonchev–Trinajstić information content (AvgIpc) is 3.12. The van der Waals surface area contributed by atoms with Crippen molar-refractivity contribution in [2.45, 2.75) is 57.1 Å². The van der Waals surface area contributed by atoms with Gasteiger partial charge in [0.1, 0.15) is 24.4 Å². The minimum Gasteiger partial charge on any atom is -0.444 e. The lowest BCUT2D eigenvalue weighted by Gasteiger charge is -2.45. The fourth-order valence-electron chi connectivity index (χ4n) is 5.33. The molecule has 1 saturated heterocycles. The quantitative estimate of drug-likeness (QED) is 0.117. The van der Waals surface area contributed by atoms with Crippen LogP contribution in [-0.4, -0.2) is 47.5 Å². The summed E-state index contributed by atoms with van der Waals surface area (Å²) in [6, 6.07) is 43.2. The summed E-state index contributed by atoms with van der Waals surface area (Å²) >= 11 is 6.02. The first-order chi connectivity index (χ1) is 23.2. The van der Waals surface area contributed by atoms with Crippen LogP contribution < -0.4 is 4.74 Å². The van der Waals surface area contributed by atoms with Crippen LogP contribution in [-0.2, 0) is 50.1 Å². The summed E-state index contributed by atoms with van der Waals surface area (Å²) in [5.74, 6) is 0.238. The van der Waals surface area contributed by atoms with Gasteiger partial charge in [0.25, 0.3) is 0 Å². The third kappa shape index (κ3) is 9.68. The van der Waals surface area contributed by atoms with E-state index in [2.05, 4.69) is 10.2 Å². The third-order valence-corrected chi connectivity index (χ3v) is 7.89. The Hall–Kier alpha value is -4.15. The normalized spacial score (nSPS) is 20.9. The highest BCUT2D eigenvalue weighted by Gasteiger charge is 2.50. The molecule has 1 aliphatic rings. The highest BCUT2D eigenvalue weighted by molar-refractivity contribution is 6.29. The molecule has 5 atom stereocenters. The molecular weight excluding hydrogens is 616 g/mol. The number of halogens is 1. The van der Waals surface area contributed by atoms with Gasteiger partial charge in [0.15, 0.2) is 5.15 Å². The van der Waals surface area contributed by atoms with Gasteiger partial charge in [0, 0.05) is 6.07 Å². The van der Waals surface area contributed by atoms with E-state index in [-0.39, 0.29) is 17.6 Å². The Balaban J connectivity index is 1.31. The van der Waals surface area contributed by atoms with Crippen molar-refractivity contribution >= 4 is 11.6 Å². The molecule has 0 amide bonds. The Morgan fingerprint density at radius 2 is 0.979 bits per heavy atom. The summed E-state index contributed by atoms with van der Waals surface area (Å²) in [4.78, 5) is 0. The van der Waals surface area contributed by atoms with Crippen molar-refractivity contribution in [2.75, 3.05) is 6.61 Å². The second kappa shape index (κ2) is 17.1. The molecule has 242 valence electrons. The average molecular weight is 653 g/mol. The van der Waals surface area contributed by atoms with Gasteiger partial charge in [0.2, 0.25) is 12.2 Å². The van der Waals surface area contributed by atoms with E-state index >= 15 is 0 Å². The smallest absolute Gasteiger partial charge is 0.235 e. The number of benzene rings is 4. The van der Waals surface area contributed by atoms with Crippen LogP contribution in [0, 0.1) is 0 Å². The second-order valence-corrected chi connectivity index (χ2v) is 11.5. The predicted molar refractivity (Wildman–Crippen MR) is 177 cm³/mol. The number of ether oxygens (including phenoxy) is 6. The molecule has 8 nitrogen and oxygen atoms in total. The van der Waals surface area contributed by atoms with Crippen LogP contribution in [0.5, 0.6) is 5.88 Å². The molecule has 5 aromatic rings. The van der Waals surface area contributed by atoms with E-state index in [1.807, 2.05) is 121 Å². The van der Waals surface area contributed by atoms with Gasteiger partial charge in [-0.2, -0.15) is 0 Å². The molecule has 9 heteroatoms. The molecule has 6 rings (SSSR count). The maximum absolute atomic E-state index is 6.73. The molecule has 1 aliphatic heterocycles. The summed E-state index contributed by atoms with van der Waals surface area (Å²) in [6.45, 7) is 1.59. The van der Waals surface area contributed by atoms with Crippen molar-refractivity contribution in [3.63, 3.8) is 0 Å². The van der Waals surface area contributed by atoms with E-state index < -0.39 is 30.7 Å². The molecule has 0 saturated carbocycles. The third-order valence-electron chi connectivity index (χ3n) is 7.69. The summed E-state index contributed by atoms with van der Waals surface area (Å²) < 4.78 is 39.2. The molecular formula is C38H37ClN2O6. The number of hydrogen-bond donors (Lipinski definition) is 0. The first-order valence-electron chi connectivity index (χ1n) is 15.6. The van der Waals surface area contributed by atoms with Crippen molar-refractivity contribution in [2.24, 2.45) is 0 Å². The summed E-state index contributed by atoms with van der Waals surface area (Å²) in [5.41, 5.74) is 4.08. The van der Waals surface area contributed by atoms with Gasteiger partial charge in [-0.25, -0.2) is 0 Å². The van der Waals surface area contributed by atoms with E-state index in [1.165, 1.54) is 0 Å². The van der Waals surface area contributed by atoms with Crippen LogP contribution in [0.3, 0.4) is 0 Å². The zero-order valence-electron chi connectivity index (χ0n) is 25.8. The lowest BCUT2D eigenvalue weighted by Crippen LogP contribution is -2.62. The van der Waals surface area contributed by atoms with Crippen LogP contribution >= 0.6 is 11.6 Å². The first-order valence-corrected chi connectivity index (χ1v) is 16.0. The second-order valence-electron chi connectivity index (χ2n) is 11.1. The topological polar surface area (TPSA) is 81.2 Å². The van der Waals surface area contributed by atoms with Gasteiger partial charge >= 0.3 is 0 Å². The lowest BCUT2D eigenvalue weighted by molar-refractivity contribution is -0.310. The predicted octanol–water partition coefficient (Wildman–Crippen LogP) is 7.21. The fourth-order valence-corrected chi connectivity index (χ4v) is 5.43. The first kappa shape index (κ1) is 32.8. The molecule has 2 heterocycles. The summed E-state index contributed by atoms with van der Waals surface area (Å²) in [7, 11) is 0. The Morgan fingerprint density at radius 1 is 0.511 bits per heavy atom. The van der Waals surface area contributed by atoms with Crippen LogP contribution in [0.25, 0.3) is 0 Å².